The molecule has 1 aromatic carbocycles. The number of nitriles is 1. The summed E-state index contributed by atoms with van der Waals surface area (Å²) in [5.41, 5.74) is 1.88. The van der Waals surface area contributed by atoms with E-state index in [-0.39, 0.29) is 17.5 Å². The van der Waals surface area contributed by atoms with E-state index in [9.17, 15) is 9.90 Å². The number of aliphatic hydroxyl groups is 1. The molecule has 1 heterocycles. The molecule has 0 amide bonds. The third-order valence-corrected chi connectivity index (χ3v) is 5.36. The second-order valence-electron chi connectivity index (χ2n) is 9.43. The first-order valence-corrected chi connectivity index (χ1v) is 12.7. The number of hydrogen-bond acceptors (Lipinski definition) is 7. The number of benzene rings is 1. The molecule has 2 atom stereocenters. The second-order valence-corrected chi connectivity index (χ2v) is 9.43. The number of methoxy groups -OCH3 is 1. The van der Waals surface area contributed by atoms with Gasteiger partial charge in [-0.3, -0.25) is 4.79 Å². The molecule has 0 bridgehead atoms. The molecule has 2 rings (SSSR count). The van der Waals surface area contributed by atoms with Crippen molar-refractivity contribution >= 4 is 12.6 Å². The standard InChI is InChI=1S/C14H17NO2.C7H15NO.C5H12O.C2H6.CH2O/c1-4-5-6-17-14-8-12(9-15)7-13(10(14)2)11(3)16;1-6-3-4-8(2)5-7(6)9;1-5(2,3)6-4;2*1-2/h7-8H,4-6H2,1-3H3;6-7,9H,3-5H2,1-2H3;1-4H3;1-2H3;1H2/t;6-,7-;;;/m.1.../s1. The van der Waals surface area contributed by atoms with E-state index in [0.717, 1.165) is 37.9 Å². The fourth-order valence-corrected chi connectivity index (χ4v) is 2.80. The molecule has 0 saturated carbocycles. The van der Waals surface area contributed by atoms with Crippen molar-refractivity contribution in [2.24, 2.45) is 5.92 Å². The van der Waals surface area contributed by atoms with Gasteiger partial charge in [-0.15, -0.1) is 0 Å². The van der Waals surface area contributed by atoms with Crippen LogP contribution in [0, 0.1) is 24.2 Å². The van der Waals surface area contributed by atoms with Crippen LogP contribution in [0.1, 0.15) is 96.1 Å². The van der Waals surface area contributed by atoms with Gasteiger partial charge in [0, 0.05) is 24.8 Å². The second kappa shape index (κ2) is 22.0. The van der Waals surface area contributed by atoms with Gasteiger partial charge in [-0.1, -0.05) is 34.1 Å². The Morgan fingerprint density at radius 1 is 1.28 bits per heavy atom. The van der Waals surface area contributed by atoms with Crippen LogP contribution in [0.15, 0.2) is 12.1 Å². The normalized spacial score (nSPS) is 16.6. The van der Waals surface area contributed by atoms with E-state index in [1.807, 2.05) is 54.4 Å². The van der Waals surface area contributed by atoms with E-state index in [4.69, 9.17) is 19.5 Å². The first-order chi connectivity index (χ1) is 16.9. The lowest BCUT2D eigenvalue weighted by Gasteiger charge is -2.31. The molecule has 0 aliphatic carbocycles. The first-order valence-electron chi connectivity index (χ1n) is 12.7. The van der Waals surface area contributed by atoms with Crippen molar-refractivity contribution in [1.29, 1.82) is 5.26 Å². The minimum atomic E-state index is -0.0938. The minimum absolute atomic E-state index is 0.0417. The van der Waals surface area contributed by atoms with Crippen molar-refractivity contribution in [3.05, 3.63) is 28.8 Å². The molecule has 36 heavy (non-hydrogen) atoms. The number of carbonyl (C=O) groups excluding carboxylic acids is 2. The van der Waals surface area contributed by atoms with Crippen LogP contribution in [-0.2, 0) is 9.53 Å². The van der Waals surface area contributed by atoms with E-state index in [0.29, 0.717) is 29.4 Å². The van der Waals surface area contributed by atoms with Gasteiger partial charge >= 0.3 is 0 Å². The van der Waals surface area contributed by atoms with Gasteiger partial charge in [0.25, 0.3) is 0 Å². The van der Waals surface area contributed by atoms with Crippen molar-refractivity contribution in [2.45, 2.75) is 93.3 Å². The van der Waals surface area contributed by atoms with E-state index < -0.39 is 0 Å². The number of rotatable bonds is 5. The molecule has 7 nitrogen and oxygen atoms in total. The Morgan fingerprint density at radius 2 is 1.81 bits per heavy atom. The highest BCUT2D eigenvalue weighted by molar-refractivity contribution is 5.96. The van der Waals surface area contributed by atoms with Crippen LogP contribution in [0.5, 0.6) is 5.75 Å². The maximum absolute atomic E-state index is 11.5. The molecule has 0 unspecified atom stereocenters. The number of β-amino-alcohol motifs (C(OH)–C–C–N with tert-alkyl or cyclic N) is 1. The highest BCUT2D eigenvalue weighted by Gasteiger charge is 2.21. The van der Waals surface area contributed by atoms with Gasteiger partial charge in [-0.2, -0.15) is 5.26 Å². The van der Waals surface area contributed by atoms with Gasteiger partial charge in [0.2, 0.25) is 0 Å². The SMILES string of the molecule is C=O.CC.CCCCOc1cc(C#N)cc(C(C)=O)c1C.COC(C)(C)C.C[C@@H]1CCN(C)C[C@H]1O. The summed E-state index contributed by atoms with van der Waals surface area (Å²) >= 11 is 0. The maximum Gasteiger partial charge on any atom is 0.160 e. The van der Waals surface area contributed by atoms with Crippen LogP contribution in [0.3, 0.4) is 0 Å². The molecular formula is C29H52N2O5. The number of Topliss-reactive ketones (excluding diaryl/α,β-unsaturated/α-hetero) is 1. The summed E-state index contributed by atoms with van der Waals surface area (Å²) in [6.07, 6.45) is 3.06. The largest absolute Gasteiger partial charge is 0.493 e. The molecule has 7 heteroatoms. The van der Waals surface area contributed by atoms with Gasteiger partial charge in [0.15, 0.2) is 5.78 Å². The van der Waals surface area contributed by atoms with Crippen molar-refractivity contribution < 1.29 is 24.2 Å². The van der Waals surface area contributed by atoms with Gasteiger partial charge in [0.05, 0.1) is 29.9 Å². The molecule has 0 spiro atoms. The van der Waals surface area contributed by atoms with E-state index in [2.05, 4.69) is 25.8 Å². The summed E-state index contributed by atoms with van der Waals surface area (Å²) in [5.74, 6) is 1.10. The van der Waals surface area contributed by atoms with Crippen molar-refractivity contribution in [1.82, 2.24) is 4.90 Å². The van der Waals surface area contributed by atoms with E-state index in [1.165, 1.54) is 6.92 Å². The quantitative estimate of drug-likeness (QED) is 0.394. The molecule has 0 aromatic heterocycles. The van der Waals surface area contributed by atoms with Crippen LogP contribution in [0.25, 0.3) is 0 Å². The van der Waals surface area contributed by atoms with Crippen LogP contribution in [-0.4, -0.2) is 68.1 Å². The van der Waals surface area contributed by atoms with Crippen molar-refractivity contribution in [3.8, 4) is 11.8 Å². The first kappa shape index (κ1) is 38.3. The maximum atomic E-state index is 11.5. The number of piperidine rings is 1. The number of carbonyl (C=O) groups is 2. The summed E-state index contributed by atoms with van der Waals surface area (Å²) in [5, 5.41) is 18.2. The average Bonchev–Trinajstić information content (AvgIpc) is 2.85. The average molecular weight is 509 g/mol. The zero-order valence-corrected chi connectivity index (χ0v) is 24.7. The highest BCUT2D eigenvalue weighted by Crippen LogP contribution is 2.24. The Balaban J connectivity index is -0.000000480. The van der Waals surface area contributed by atoms with Crippen molar-refractivity contribution in [3.63, 3.8) is 0 Å². The fourth-order valence-electron chi connectivity index (χ4n) is 2.80. The third kappa shape index (κ3) is 18.1. The number of ketones is 1. The summed E-state index contributed by atoms with van der Waals surface area (Å²) < 4.78 is 10.5. The van der Waals surface area contributed by atoms with Gasteiger partial charge in [-0.25, -0.2) is 0 Å². The molecule has 0 radical (unpaired) electrons. The molecule has 1 aromatic rings. The Labute approximate surface area is 220 Å². The Morgan fingerprint density at radius 3 is 2.17 bits per heavy atom. The number of aliphatic hydroxyl groups excluding tert-OH is 1. The van der Waals surface area contributed by atoms with Crippen molar-refractivity contribution in [2.75, 3.05) is 33.9 Å². The number of likely N-dealkylation sites (tertiary alicyclic amines) is 1. The zero-order valence-electron chi connectivity index (χ0n) is 24.7. The lowest BCUT2D eigenvalue weighted by atomic mass is 9.97. The molecular weight excluding hydrogens is 456 g/mol. The molecule has 1 aliphatic heterocycles. The number of nitrogens with zero attached hydrogens (tertiary/aromatic N) is 2. The molecule has 208 valence electrons. The fraction of sp³-hybridized carbons (Fsp3) is 0.690. The number of unbranched alkanes of at least 4 members (excludes halogenated alkanes) is 1. The summed E-state index contributed by atoms with van der Waals surface area (Å²) in [6.45, 7) is 22.2. The van der Waals surface area contributed by atoms with Crippen LogP contribution in [0.4, 0.5) is 0 Å². The summed E-state index contributed by atoms with van der Waals surface area (Å²) in [7, 11) is 3.76. The predicted octanol–water partition coefficient (Wildman–Crippen LogP) is 5.84. The smallest absolute Gasteiger partial charge is 0.160 e. The molecule has 1 saturated heterocycles. The zero-order chi connectivity index (χ0) is 28.9. The van der Waals surface area contributed by atoms with E-state index in [1.54, 1.807) is 19.2 Å². The van der Waals surface area contributed by atoms with Gasteiger partial charge in [-0.05, 0) is 79.1 Å². The lowest BCUT2D eigenvalue weighted by molar-refractivity contribution is -0.0980. The monoisotopic (exact) mass is 508 g/mol. The number of ether oxygens (including phenoxy) is 2. The minimum Gasteiger partial charge on any atom is -0.493 e. The van der Waals surface area contributed by atoms with Crippen LogP contribution < -0.4 is 4.74 Å². The summed E-state index contributed by atoms with van der Waals surface area (Å²) in [4.78, 5) is 21.6. The highest BCUT2D eigenvalue weighted by atomic mass is 16.5. The number of hydrogen-bond donors (Lipinski definition) is 1. The Bertz CT molecular complexity index is 753. The lowest BCUT2D eigenvalue weighted by Crippen LogP contribution is -2.40. The van der Waals surface area contributed by atoms with E-state index >= 15 is 0 Å². The number of likely N-dealkylation sites (N-methyl/N-ethyl adjacent to an activating group) is 1. The molecule has 1 fully saturated rings. The van der Waals surface area contributed by atoms with Crippen LogP contribution in [0.2, 0.25) is 0 Å². The Kier molecular flexibility index (Phi) is 23.3. The molecule has 1 aliphatic rings. The van der Waals surface area contributed by atoms with Crippen LogP contribution >= 0.6 is 0 Å². The Hall–Kier alpha value is -2.27. The molecule has 1 N–H and O–H groups in total. The summed E-state index contributed by atoms with van der Waals surface area (Å²) in [6, 6.07) is 5.36. The third-order valence-electron chi connectivity index (χ3n) is 5.36. The van der Waals surface area contributed by atoms with Gasteiger partial charge in [0.1, 0.15) is 12.5 Å². The predicted molar refractivity (Wildman–Crippen MR) is 149 cm³/mol. The van der Waals surface area contributed by atoms with Gasteiger partial charge < -0.3 is 24.3 Å². The topological polar surface area (TPSA) is 99.9 Å².